The Labute approximate surface area is 192 Å². The molecule has 158 valence electrons. The second kappa shape index (κ2) is 10.0. The van der Waals surface area contributed by atoms with Crippen molar-refractivity contribution in [3.8, 4) is 5.69 Å². The number of nitrogens with zero attached hydrogens (tertiary/aromatic N) is 5. The third kappa shape index (κ3) is 5.49. The molecular formula is C21H19ClN6OS2. The van der Waals surface area contributed by atoms with E-state index in [1.807, 2.05) is 66.1 Å². The van der Waals surface area contributed by atoms with Crippen molar-refractivity contribution in [2.45, 2.75) is 24.9 Å². The van der Waals surface area contributed by atoms with Crippen LogP contribution in [0, 0.1) is 0 Å². The number of rotatable bonds is 8. The molecule has 4 rings (SSSR count). The van der Waals surface area contributed by atoms with E-state index in [1.54, 1.807) is 0 Å². The van der Waals surface area contributed by atoms with Gasteiger partial charge in [0.1, 0.15) is 10.8 Å². The minimum Gasteiger partial charge on any atom is -0.300 e. The number of halogens is 1. The number of hydrogen-bond acceptors (Lipinski definition) is 7. The average Bonchev–Trinajstić information content (AvgIpc) is 3.40. The van der Waals surface area contributed by atoms with Crippen molar-refractivity contribution >= 4 is 45.7 Å². The van der Waals surface area contributed by atoms with Crippen LogP contribution < -0.4 is 5.32 Å². The van der Waals surface area contributed by atoms with Crippen LogP contribution >= 0.6 is 34.7 Å². The number of benzene rings is 2. The number of thioether (sulfide) groups is 1. The predicted octanol–water partition coefficient (Wildman–Crippen LogP) is 4.66. The zero-order valence-electron chi connectivity index (χ0n) is 16.7. The van der Waals surface area contributed by atoms with Gasteiger partial charge in [-0.1, -0.05) is 72.0 Å². The maximum Gasteiger partial charge on any atom is 0.236 e. The van der Waals surface area contributed by atoms with Crippen molar-refractivity contribution < 1.29 is 4.79 Å². The fourth-order valence-corrected chi connectivity index (χ4v) is 4.46. The van der Waals surface area contributed by atoms with Crippen LogP contribution in [-0.2, 0) is 17.6 Å². The first-order valence-corrected chi connectivity index (χ1v) is 11.8. The van der Waals surface area contributed by atoms with E-state index in [9.17, 15) is 4.79 Å². The van der Waals surface area contributed by atoms with Gasteiger partial charge in [0.15, 0.2) is 5.16 Å². The highest BCUT2D eigenvalue weighted by Crippen LogP contribution is 2.25. The fraction of sp³-hybridized carbons (Fsp3) is 0.190. The maximum absolute atomic E-state index is 12.4. The van der Waals surface area contributed by atoms with Crippen LogP contribution in [0.5, 0.6) is 0 Å². The summed E-state index contributed by atoms with van der Waals surface area (Å²) in [4.78, 5) is 12.4. The Morgan fingerprint density at radius 3 is 2.55 bits per heavy atom. The summed E-state index contributed by atoms with van der Waals surface area (Å²) in [5.74, 6) is 0.796. The molecule has 10 heteroatoms. The lowest BCUT2D eigenvalue weighted by Gasteiger charge is -2.10. The number of aromatic nitrogens is 5. The Hall–Kier alpha value is -2.75. The number of carbonyl (C=O) groups is 1. The predicted molar refractivity (Wildman–Crippen MR) is 124 cm³/mol. The molecule has 4 aromatic rings. The molecule has 0 aliphatic heterocycles. The van der Waals surface area contributed by atoms with Gasteiger partial charge in [0, 0.05) is 17.1 Å². The third-order valence-corrected chi connectivity index (χ3v) is 6.50. The zero-order valence-corrected chi connectivity index (χ0v) is 19.0. The average molecular weight is 471 g/mol. The number of hydrogen-bond donors (Lipinski definition) is 1. The molecule has 0 spiro atoms. The van der Waals surface area contributed by atoms with Crippen molar-refractivity contribution in [2.75, 3.05) is 11.1 Å². The highest BCUT2D eigenvalue weighted by molar-refractivity contribution is 7.99. The van der Waals surface area contributed by atoms with E-state index >= 15 is 0 Å². The van der Waals surface area contributed by atoms with E-state index in [2.05, 4.69) is 25.7 Å². The van der Waals surface area contributed by atoms with Crippen molar-refractivity contribution in [3.05, 3.63) is 76.0 Å². The maximum atomic E-state index is 12.4. The number of amides is 1. The summed E-state index contributed by atoms with van der Waals surface area (Å²) in [7, 11) is 0. The lowest BCUT2D eigenvalue weighted by Crippen LogP contribution is -2.14. The Morgan fingerprint density at radius 2 is 1.84 bits per heavy atom. The molecular weight excluding hydrogens is 452 g/mol. The van der Waals surface area contributed by atoms with E-state index in [0.717, 1.165) is 28.5 Å². The second-order valence-corrected chi connectivity index (χ2v) is 9.01. The van der Waals surface area contributed by atoms with Crippen molar-refractivity contribution in [3.63, 3.8) is 0 Å². The summed E-state index contributed by atoms with van der Waals surface area (Å²) in [5, 5.41) is 22.2. The molecule has 0 fully saturated rings. The molecule has 7 nitrogen and oxygen atoms in total. The number of carbonyl (C=O) groups excluding carboxylic acids is 1. The van der Waals surface area contributed by atoms with Gasteiger partial charge in [-0.15, -0.1) is 20.4 Å². The van der Waals surface area contributed by atoms with Crippen LogP contribution in [-0.4, -0.2) is 36.6 Å². The van der Waals surface area contributed by atoms with Gasteiger partial charge in [-0.05, 0) is 36.2 Å². The molecule has 31 heavy (non-hydrogen) atoms. The molecule has 0 saturated heterocycles. The molecule has 0 atom stereocenters. The SMILES string of the molecule is CCc1nnc(NC(=O)CSc2nnc(Cc3ccccc3)n2-c2ccc(Cl)cc2)s1. The summed E-state index contributed by atoms with van der Waals surface area (Å²) in [6, 6.07) is 17.5. The molecule has 1 N–H and O–H groups in total. The summed E-state index contributed by atoms with van der Waals surface area (Å²) in [6.45, 7) is 2.00. The standard InChI is InChI=1S/C21H19ClN6OS2/c1-2-19-25-26-20(31-19)23-18(29)13-30-21-27-24-17(12-14-6-4-3-5-7-14)28(21)16-10-8-15(22)9-11-16/h3-11H,2,12-13H2,1H3,(H,23,26,29). The normalized spacial score (nSPS) is 10.9. The Balaban J connectivity index is 1.53. The molecule has 0 aliphatic carbocycles. The van der Waals surface area contributed by atoms with Crippen molar-refractivity contribution in [1.82, 2.24) is 25.0 Å². The molecule has 0 bridgehead atoms. The minimum absolute atomic E-state index is 0.168. The molecule has 0 saturated carbocycles. The lowest BCUT2D eigenvalue weighted by molar-refractivity contribution is -0.113. The molecule has 0 unspecified atom stereocenters. The van der Waals surface area contributed by atoms with Gasteiger partial charge >= 0.3 is 0 Å². The van der Waals surface area contributed by atoms with Gasteiger partial charge < -0.3 is 0 Å². The van der Waals surface area contributed by atoms with Crippen LogP contribution in [0.15, 0.2) is 59.8 Å². The highest BCUT2D eigenvalue weighted by atomic mass is 35.5. The summed E-state index contributed by atoms with van der Waals surface area (Å²) in [5.41, 5.74) is 2.02. The van der Waals surface area contributed by atoms with Crippen LogP contribution in [0.4, 0.5) is 5.13 Å². The highest BCUT2D eigenvalue weighted by Gasteiger charge is 2.17. The Morgan fingerprint density at radius 1 is 1.06 bits per heavy atom. The second-order valence-electron chi connectivity index (χ2n) is 6.56. The van der Waals surface area contributed by atoms with Crippen LogP contribution in [0.3, 0.4) is 0 Å². The van der Waals surface area contributed by atoms with E-state index in [4.69, 9.17) is 11.6 Å². The number of aryl methyl sites for hydroxylation is 1. The quantitative estimate of drug-likeness (QED) is 0.377. The van der Waals surface area contributed by atoms with Crippen LogP contribution in [0.2, 0.25) is 5.02 Å². The lowest BCUT2D eigenvalue weighted by atomic mass is 10.1. The first-order chi connectivity index (χ1) is 15.1. The number of anilines is 1. The first kappa shape index (κ1) is 21.5. The summed E-state index contributed by atoms with van der Waals surface area (Å²) < 4.78 is 1.96. The third-order valence-electron chi connectivity index (χ3n) is 4.34. The van der Waals surface area contributed by atoms with Crippen molar-refractivity contribution in [2.24, 2.45) is 0 Å². The van der Waals surface area contributed by atoms with Gasteiger partial charge in [0.2, 0.25) is 11.0 Å². The minimum atomic E-state index is -0.168. The Bertz CT molecular complexity index is 1160. The van der Waals surface area contributed by atoms with Gasteiger partial charge in [-0.25, -0.2) is 0 Å². The molecule has 2 heterocycles. The topological polar surface area (TPSA) is 85.6 Å². The Kier molecular flexibility index (Phi) is 6.96. The molecule has 1 amide bonds. The van der Waals surface area contributed by atoms with E-state index in [1.165, 1.54) is 23.1 Å². The fourth-order valence-electron chi connectivity index (χ4n) is 2.87. The van der Waals surface area contributed by atoms with E-state index < -0.39 is 0 Å². The molecule has 0 radical (unpaired) electrons. The van der Waals surface area contributed by atoms with E-state index in [-0.39, 0.29) is 11.7 Å². The monoisotopic (exact) mass is 470 g/mol. The van der Waals surface area contributed by atoms with Crippen molar-refractivity contribution in [1.29, 1.82) is 0 Å². The van der Waals surface area contributed by atoms with E-state index in [0.29, 0.717) is 21.7 Å². The summed E-state index contributed by atoms with van der Waals surface area (Å²) in [6.07, 6.45) is 1.41. The molecule has 2 aromatic heterocycles. The first-order valence-electron chi connectivity index (χ1n) is 9.61. The van der Waals surface area contributed by atoms with Gasteiger partial charge in [0.25, 0.3) is 0 Å². The molecule has 2 aromatic carbocycles. The largest absolute Gasteiger partial charge is 0.300 e. The van der Waals surface area contributed by atoms with Crippen LogP contribution in [0.1, 0.15) is 23.3 Å². The summed E-state index contributed by atoms with van der Waals surface area (Å²) >= 11 is 8.76. The number of nitrogens with one attached hydrogen (secondary N) is 1. The van der Waals surface area contributed by atoms with Gasteiger partial charge in [-0.3, -0.25) is 14.7 Å². The zero-order chi connectivity index (χ0) is 21.6. The molecule has 0 aliphatic rings. The smallest absolute Gasteiger partial charge is 0.236 e. The van der Waals surface area contributed by atoms with Gasteiger partial charge in [0.05, 0.1) is 5.75 Å². The van der Waals surface area contributed by atoms with Gasteiger partial charge in [-0.2, -0.15) is 0 Å². The van der Waals surface area contributed by atoms with Crippen LogP contribution in [0.25, 0.3) is 5.69 Å².